The van der Waals surface area contributed by atoms with Crippen molar-refractivity contribution in [1.82, 2.24) is 5.16 Å². The Morgan fingerprint density at radius 1 is 1.64 bits per heavy atom. The van der Waals surface area contributed by atoms with Crippen molar-refractivity contribution in [3.05, 3.63) is 28.2 Å². The van der Waals surface area contributed by atoms with Crippen LogP contribution in [0.2, 0.25) is 0 Å². The summed E-state index contributed by atoms with van der Waals surface area (Å²) in [5, 5.41) is 14.4. The molecule has 1 N–H and O–H groups in total. The van der Waals surface area contributed by atoms with Crippen molar-refractivity contribution in [3.8, 4) is 11.3 Å². The van der Waals surface area contributed by atoms with E-state index < -0.39 is 5.97 Å². The Balaban J connectivity index is 2.51. The highest BCUT2D eigenvalue weighted by Crippen LogP contribution is 2.27. The van der Waals surface area contributed by atoms with Crippen LogP contribution in [0.3, 0.4) is 0 Å². The van der Waals surface area contributed by atoms with Gasteiger partial charge in [0.05, 0.1) is 0 Å². The maximum absolute atomic E-state index is 10.8. The smallest absolute Gasteiger partial charge is 0.346 e. The van der Waals surface area contributed by atoms with E-state index in [1.807, 2.05) is 0 Å². The van der Waals surface area contributed by atoms with Gasteiger partial charge in [-0.3, -0.25) is 0 Å². The molecule has 0 unspecified atom stereocenters. The zero-order valence-corrected chi connectivity index (χ0v) is 8.17. The molecule has 0 aliphatic heterocycles. The van der Waals surface area contributed by atoms with Crippen molar-refractivity contribution in [1.29, 1.82) is 0 Å². The first-order chi connectivity index (χ1) is 6.68. The maximum Gasteiger partial charge on any atom is 0.346 e. The van der Waals surface area contributed by atoms with Gasteiger partial charge in [0.25, 0.3) is 0 Å². The van der Waals surface area contributed by atoms with E-state index in [-0.39, 0.29) is 0 Å². The number of hydrogen-bond donors (Lipinski definition) is 1. The van der Waals surface area contributed by atoms with Crippen LogP contribution < -0.4 is 0 Å². The maximum atomic E-state index is 10.8. The molecule has 2 rings (SSSR count). The largest absolute Gasteiger partial charge is 0.477 e. The van der Waals surface area contributed by atoms with Gasteiger partial charge in [-0.1, -0.05) is 5.16 Å². The van der Waals surface area contributed by atoms with E-state index >= 15 is 0 Å². The predicted octanol–water partition coefficient (Wildman–Crippen LogP) is 2.41. The minimum Gasteiger partial charge on any atom is -0.477 e. The molecule has 4 nitrogen and oxygen atoms in total. The van der Waals surface area contributed by atoms with Crippen molar-refractivity contribution >= 4 is 17.3 Å². The van der Waals surface area contributed by atoms with Gasteiger partial charge in [-0.25, -0.2) is 4.79 Å². The minimum absolute atomic E-state index is 0.290. The van der Waals surface area contributed by atoms with Gasteiger partial charge in [0.1, 0.15) is 16.3 Å². The fraction of sp³-hybridized carbons (Fsp3) is 0.111. The first-order valence-corrected chi connectivity index (χ1v) is 4.81. The number of thiophene rings is 1. The van der Waals surface area contributed by atoms with Crippen LogP contribution in [-0.2, 0) is 0 Å². The van der Waals surface area contributed by atoms with Crippen molar-refractivity contribution in [3.63, 3.8) is 0 Å². The summed E-state index contributed by atoms with van der Waals surface area (Å²) in [6.45, 7) is 1.77. The topological polar surface area (TPSA) is 63.3 Å². The number of rotatable bonds is 2. The molecule has 14 heavy (non-hydrogen) atoms. The number of carboxylic acid groups (broad SMARTS) is 1. The summed E-state index contributed by atoms with van der Waals surface area (Å²) >= 11 is 1.18. The fourth-order valence-corrected chi connectivity index (χ4v) is 1.91. The Morgan fingerprint density at radius 3 is 3.00 bits per heavy atom. The van der Waals surface area contributed by atoms with Gasteiger partial charge in [-0.2, -0.15) is 0 Å². The van der Waals surface area contributed by atoms with Gasteiger partial charge in [0.2, 0.25) is 0 Å². The van der Waals surface area contributed by atoms with Gasteiger partial charge in [-0.05, 0) is 18.4 Å². The molecule has 0 saturated heterocycles. The Kier molecular flexibility index (Phi) is 2.09. The fourth-order valence-electron chi connectivity index (χ4n) is 1.17. The molecular weight excluding hydrogens is 202 g/mol. The molecule has 0 fully saturated rings. The number of hydrogen-bond acceptors (Lipinski definition) is 4. The molecule has 0 saturated carbocycles. The highest BCUT2D eigenvalue weighted by molar-refractivity contribution is 7.12. The van der Waals surface area contributed by atoms with Crippen molar-refractivity contribution < 1.29 is 14.4 Å². The van der Waals surface area contributed by atoms with Gasteiger partial charge in [0.15, 0.2) is 0 Å². The third-order valence-corrected chi connectivity index (χ3v) is 2.67. The van der Waals surface area contributed by atoms with Crippen LogP contribution >= 0.6 is 11.3 Å². The zero-order valence-electron chi connectivity index (χ0n) is 7.35. The normalized spacial score (nSPS) is 10.4. The van der Waals surface area contributed by atoms with Crippen LogP contribution in [0.1, 0.15) is 15.4 Å². The van der Waals surface area contributed by atoms with E-state index in [0.717, 1.165) is 0 Å². The minimum atomic E-state index is -0.935. The second-order valence-corrected chi connectivity index (χ2v) is 3.71. The summed E-state index contributed by atoms with van der Waals surface area (Å²) in [6, 6.07) is 3.44. The first-order valence-electron chi connectivity index (χ1n) is 3.93. The number of carboxylic acids is 1. The Bertz CT molecular complexity index is 472. The van der Waals surface area contributed by atoms with E-state index in [1.165, 1.54) is 11.3 Å². The summed E-state index contributed by atoms with van der Waals surface area (Å²) in [5.41, 5.74) is 1.18. The van der Waals surface area contributed by atoms with Gasteiger partial charge < -0.3 is 9.63 Å². The average Bonchev–Trinajstić information content (AvgIpc) is 2.70. The number of aryl methyl sites for hydroxylation is 1. The van der Waals surface area contributed by atoms with Crippen LogP contribution in [0.25, 0.3) is 11.3 Å². The second kappa shape index (κ2) is 3.26. The Morgan fingerprint density at radius 2 is 2.43 bits per heavy atom. The van der Waals surface area contributed by atoms with E-state index in [1.54, 1.807) is 24.4 Å². The lowest BCUT2D eigenvalue weighted by molar-refractivity contribution is 0.0703. The molecule has 0 aliphatic rings. The number of nitrogens with zero attached hydrogens (tertiary/aromatic N) is 1. The van der Waals surface area contributed by atoms with E-state index in [2.05, 4.69) is 5.16 Å². The van der Waals surface area contributed by atoms with Crippen molar-refractivity contribution in [2.75, 3.05) is 0 Å². The van der Waals surface area contributed by atoms with Crippen LogP contribution in [0.4, 0.5) is 0 Å². The van der Waals surface area contributed by atoms with Gasteiger partial charge in [0, 0.05) is 11.6 Å². The second-order valence-electron chi connectivity index (χ2n) is 2.79. The highest BCUT2D eigenvalue weighted by atomic mass is 32.1. The number of carbonyl (C=O) groups is 1. The quantitative estimate of drug-likeness (QED) is 0.824. The summed E-state index contributed by atoms with van der Waals surface area (Å²) in [4.78, 5) is 11.1. The lowest BCUT2D eigenvalue weighted by Gasteiger charge is -1.92. The molecule has 0 radical (unpaired) electrons. The lowest BCUT2D eigenvalue weighted by Crippen LogP contribution is -1.94. The third-order valence-electron chi connectivity index (χ3n) is 1.76. The van der Waals surface area contributed by atoms with Crippen LogP contribution in [0.5, 0.6) is 0 Å². The predicted molar refractivity (Wildman–Crippen MR) is 51.5 cm³/mol. The van der Waals surface area contributed by atoms with E-state index in [4.69, 9.17) is 9.63 Å². The standard InChI is InChI=1S/C9H7NO3S/c1-5-4-7(10-13-5)6-2-3-14-8(6)9(11)12/h2-4H,1H3,(H,11,12). The summed E-state index contributed by atoms with van der Waals surface area (Å²) in [6.07, 6.45) is 0. The molecule has 0 aromatic carbocycles. The molecule has 2 heterocycles. The Hall–Kier alpha value is -1.62. The molecule has 72 valence electrons. The lowest BCUT2D eigenvalue weighted by atomic mass is 10.2. The van der Waals surface area contributed by atoms with Crippen LogP contribution in [-0.4, -0.2) is 16.2 Å². The SMILES string of the molecule is Cc1cc(-c2ccsc2C(=O)O)no1. The van der Waals surface area contributed by atoms with Gasteiger partial charge in [-0.15, -0.1) is 11.3 Å². The molecule has 0 spiro atoms. The van der Waals surface area contributed by atoms with E-state index in [0.29, 0.717) is 21.9 Å². The number of aromatic nitrogens is 1. The van der Waals surface area contributed by atoms with Crippen molar-refractivity contribution in [2.24, 2.45) is 0 Å². The molecule has 0 atom stereocenters. The van der Waals surface area contributed by atoms with Gasteiger partial charge >= 0.3 is 5.97 Å². The summed E-state index contributed by atoms with van der Waals surface area (Å²) in [5.74, 6) is -0.266. The molecular formula is C9H7NO3S. The van der Waals surface area contributed by atoms with Crippen molar-refractivity contribution in [2.45, 2.75) is 6.92 Å². The number of aromatic carboxylic acids is 1. The van der Waals surface area contributed by atoms with E-state index in [9.17, 15) is 4.79 Å². The van der Waals surface area contributed by atoms with Crippen LogP contribution in [0.15, 0.2) is 22.0 Å². The molecule has 0 aliphatic carbocycles. The molecule has 2 aromatic rings. The van der Waals surface area contributed by atoms with Crippen LogP contribution in [0, 0.1) is 6.92 Å². The zero-order chi connectivity index (χ0) is 10.1. The third kappa shape index (κ3) is 1.42. The average molecular weight is 209 g/mol. The summed E-state index contributed by atoms with van der Waals surface area (Å²) < 4.78 is 4.88. The first kappa shape index (κ1) is 8.96. The Labute approximate surface area is 83.8 Å². The molecule has 0 bridgehead atoms. The highest BCUT2D eigenvalue weighted by Gasteiger charge is 2.15. The summed E-state index contributed by atoms with van der Waals surface area (Å²) in [7, 11) is 0. The monoisotopic (exact) mass is 209 g/mol. The molecule has 2 aromatic heterocycles. The molecule has 0 amide bonds. The molecule has 5 heteroatoms.